The predicted octanol–water partition coefficient (Wildman–Crippen LogP) is 0.889. The first-order valence-corrected chi connectivity index (χ1v) is 3.46. The van der Waals surface area contributed by atoms with Crippen LogP contribution in [0.4, 0.5) is 0 Å². The van der Waals surface area contributed by atoms with Crippen molar-refractivity contribution >= 4 is 5.97 Å². The van der Waals surface area contributed by atoms with Gasteiger partial charge < -0.3 is 9.84 Å². The zero-order chi connectivity index (χ0) is 8.69. The van der Waals surface area contributed by atoms with Crippen molar-refractivity contribution in [3.8, 4) is 12.3 Å². The molecule has 3 heteroatoms. The number of unbranched alkanes of at least 4 members (excludes halogenated alkanes) is 1. The van der Waals surface area contributed by atoms with Gasteiger partial charge >= 0.3 is 5.97 Å². The quantitative estimate of drug-likeness (QED) is 0.475. The summed E-state index contributed by atoms with van der Waals surface area (Å²) in [7, 11) is 0. The molecule has 0 rings (SSSR count). The molecule has 0 aromatic heterocycles. The van der Waals surface area contributed by atoms with Gasteiger partial charge in [-0.15, -0.1) is 12.3 Å². The molecule has 0 aromatic carbocycles. The van der Waals surface area contributed by atoms with Crippen molar-refractivity contribution in [2.24, 2.45) is 0 Å². The summed E-state index contributed by atoms with van der Waals surface area (Å²) in [6.07, 6.45) is 5.60. The van der Waals surface area contributed by atoms with E-state index in [1.165, 1.54) is 6.92 Å². The van der Waals surface area contributed by atoms with E-state index in [2.05, 4.69) is 5.92 Å². The highest BCUT2D eigenvalue weighted by atomic mass is 16.5. The molecule has 0 radical (unpaired) electrons. The fourth-order valence-corrected chi connectivity index (χ4v) is 0.506. The molecule has 0 aliphatic heterocycles. The third-order valence-electron chi connectivity index (χ3n) is 1.18. The first-order chi connectivity index (χ1) is 5.18. The Balaban J connectivity index is 3.26. The standard InChI is InChI=1S/C8H12O3/c1-3-4-5-6-11-7(2)8(9)10/h1,7H,4-6H2,2H3,(H,9,10)/t7-/m0/s1. The van der Waals surface area contributed by atoms with Gasteiger partial charge in [0.15, 0.2) is 6.10 Å². The Morgan fingerprint density at radius 3 is 2.91 bits per heavy atom. The monoisotopic (exact) mass is 156 g/mol. The van der Waals surface area contributed by atoms with E-state index >= 15 is 0 Å². The second-order valence-corrected chi connectivity index (χ2v) is 2.16. The van der Waals surface area contributed by atoms with Crippen LogP contribution >= 0.6 is 0 Å². The Morgan fingerprint density at radius 2 is 2.45 bits per heavy atom. The van der Waals surface area contributed by atoms with E-state index in [9.17, 15) is 4.79 Å². The number of ether oxygens (including phenoxy) is 1. The van der Waals surface area contributed by atoms with Gasteiger partial charge in [0.1, 0.15) is 0 Å². The molecule has 0 saturated carbocycles. The molecular weight excluding hydrogens is 144 g/mol. The predicted molar refractivity (Wildman–Crippen MR) is 41.1 cm³/mol. The molecule has 0 aliphatic carbocycles. The highest BCUT2D eigenvalue weighted by molar-refractivity contribution is 5.71. The zero-order valence-electron chi connectivity index (χ0n) is 6.54. The summed E-state index contributed by atoms with van der Waals surface area (Å²) in [6.45, 7) is 1.91. The summed E-state index contributed by atoms with van der Waals surface area (Å²) < 4.78 is 4.91. The van der Waals surface area contributed by atoms with Gasteiger partial charge in [0, 0.05) is 13.0 Å². The smallest absolute Gasteiger partial charge is 0.332 e. The third-order valence-corrected chi connectivity index (χ3v) is 1.18. The molecule has 0 aromatic rings. The van der Waals surface area contributed by atoms with Gasteiger partial charge in [-0.1, -0.05) is 0 Å². The van der Waals surface area contributed by atoms with E-state index in [1.807, 2.05) is 0 Å². The Labute approximate surface area is 66.4 Å². The van der Waals surface area contributed by atoms with Gasteiger partial charge in [0.05, 0.1) is 0 Å². The molecule has 0 saturated heterocycles. The molecule has 0 aliphatic rings. The fraction of sp³-hybridized carbons (Fsp3) is 0.625. The maximum Gasteiger partial charge on any atom is 0.332 e. The number of carboxylic acids is 1. The number of hydrogen-bond acceptors (Lipinski definition) is 2. The van der Waals surface area contributed by atoms with Gasteiger partial charge in [-0.05, 0) is 13.3 Å². The van der Waals surface area contributed by atoms with Crippen molar-refractivity contribution < 1.29 is 14.6 Å². The van der Waals surface area contributed by atoms with Crippen molar-refractivity contribution in [3.05, 3.63) is 0 Å². The van der Waals surface area contributed by atoms with Gasteiger partial charge in [0.25, 0.3) is 0 Å². The first kappa shape index (κ1) is 9.99. The van der Waals surface area contributed by atoms with Crippen molar-refractivity contribution in [2.75, 3.05) is 6.61 Å². The van der Waals surface area contributed by atoms with Crippen LogP contribution < -0.4 is 0 Å². The Morgan fingerprint density at radius 1 is 1.82 bits per heavy atom. The highest BCUT2D eigenvalue weighted by Gasteiger charge is 2.09. The topological polar surface area (TPSA) is 46.5 Å². The van der Waals surface area contributed by atoms with Crippen LogP contribution in [0.15, 0.2) is 0 Å². The molecule has 0 unspecified atom stereocenters. The maximum atomic E-state index is 10.2. The minimum Gasteiger partial charge on any atom is -0.479 e. The highest BCUT2D eigenvalue weighted by Crippen LogP contribution is 1.94. The Hall–Kier alpha value is -1.01. The minimum atomic E-state index is -0.939. The van der Waals surface area contributed by atoms with Crippen LogP contribution in [-0.2, 0) is 9.53 Å². The number of hydrogen-bond donors (Lipinski definition) is 1. The Bertz CT molecular complexity index is 157. The number of carboxylic acid groups (broad SMARTS) is 1. The van der Waals surface area contributed by atoms with Crippen LogP contribution in [0.25, 0.3) is 0 Å². The Kier molecular flexibility index (Phi) is 5.22. The molecular formula is C8H12O3. The molecule has 3 nitrogen and oxygen atoms in total. The molecule has 0 spiro atoms. The molecule has 0 heterocycles. The van der Waals surface area contributed by atoms with E-state index in [4.69, 9.17) is 16.3 Å². The van der Waals surface area contributed by atoms with E-state index in [1.54, 1.807) is 0 Å². The lowest BCUT2D eigenvalue weighted by Crippen LogP contribution is -2.20. The van der Waals surface area contributed by atoms with E-state index in [0.717, 1.165) is 0 Å². The maximum absolute atomic E-state index is 10.2. The van der Waals surface area contributed by atoms with E-state index in [0.29, 0.717) is 19.4 Å². The van der Waals surface area contributed by atoms with E-state index in [-0.39, 0.29) is 0 Å². The first-order valence-electron chi connectivity index (χ1n) is 3.46. The molecule has 0 fully saturated rings. The molecule has 62 valence electrons. The number of rotatable bonds is 5. The second-order valence-electron chi connectivity index (χ2n) is 2.16. The van der Waals surface area contributed by atoms with Crippen molar-refractivity contribution in [2.45, 2.75) is 25.9 Å². The zero-order valence-corrected chi connectivity index (χ0v) is 6.54. The van der Waals surface area contributed by atoms with Crippen molar-refractivity contribution in [1.29, 1.82) is 0 Å². The molecule has 1 atom stereocenters. The van der Waals surface area contributed by atoms with Crippen LogP contribution in [0, 0.1) is 12.3 Å². The lowest BCUT2D eigenvalue weighted by Gasteiger charge is -2.06. The largest absolute Gasteiger partial charge is 0.479 e. The summed E-state index contributed by atoms with van der Waals surface area (Å²) >= 11 is 0. The average Bonchev–Trinajstić information content (AvgIpc) is 1.97. The van der Waals surface area contributed by atoms with Crippen molar-refractivity contribution in [3.63, 3.8) is 0 Å². The van der Waals surface area contributed by atoms with Crippen LogP contribution in [0.1, 0.15) is 19.8 Å². The van der Waals surface area contributed by atoms with Crippen LogP contribution in [-0.4, -0.2) is 23.8 Å². The normalized spacial score (nSPS) is 12.0. The molecule has 11 heavy (non-hydrogen) atoms. The van der Waals surface area contributed by atoms with Gasteiger partial charge in [-0.25, -0.2) is 4.79 Å². The summed E-state index contributed by atoms with van der Waals surface area (Å²) in [5.41, 5.74) is 0. The molecule has 0 amide bonds. The second kappa shape index (κ2) is 5.75. The van der Waals surface area contributed by atoms with Crippen molar-refractivity contribution in [1.82, 2.24) is 0 Å². The lowest BCUT2D eigenvalue weighted by atomic mass is 10.3. The molecule has 0 bridgehead atoms. The summed E-state index contributed by atoms with van der Waals surface area (Å²) in [5, 5.41) is 8.37. The number of carbonyl (C=O) groups is 1. The minimum absolute atomic E-state index is 0.414. The van der Waals surface area contributed by atoms with Gasteiger partial charge in [-0.2, -0.15) is 0 Å². The van der Waals surface area contributed by atoms with E-state index < -0.39 is 12.1 Å². The SMILES string of the molecule is C#CCCCO[C@@H](C)C(=O)O. The number of aliphatic carboxylic acids is 1. The third kappa shape index (κ3) is 5.43. The van der Waals surface area contributed by atoms with Crippen LogP contribution in [0.5, 0.6) is 0 Å². The number of terminal acetylenes is 1. The van der Waals surface area contributed by atoms with Gasteiger partial charge in [0.2, 0.25) is 0 Å². The summed E-state index contributed by atoms with van der Waals surface area (Å²) in [5.74, 6) is 1.50. The summed E-state index contributed by atoms with van der Waals surface area (Å²) in [4.78, 5) is 10.2. The summed E-state index contributed by atoms with van der Waals surface area (Å²) in [6, 6.07) is 0. The average molecular weight is 156 g/mol. The lowest BCUT2D eigenvalue weighted by molar-refractivity contribution is -0.149. The van der Waals surface area contributed by atoms with Gasteiger partial charge in [-0.3, -0.25) is 0 Å². The van der Waals surface area contributed by atoms with Crippen LogP contribution in [0.2, 0.25) is 0 Å². The molecule has 1 N–H and O–H groups in total. The fourth-order valence-electron chi connectivity index (χ4n) is 0.506. The van der Waals surface area contributed by atoms with Crippen LogP contribution in [0.3, 0.4) is 0 Å².